The molecule has 2 aliphatic rings. The summed E-state index contributed by atoms with van der Waals surface area (Å²) in [7, 11) is -3.15. The first-order valence-electron chi connectivity index (χ1n) is 39.5. The topological polar surface area (TPSA) is 254 Å². The molecule has 1 aliphatic carbocycles. The van der Waals surface area contributed by atoms with Gasteiger partial charge in [-0.3, -0.25) is 19.4 Å². The quantitative estimate of drug-likeness (QED) is 0.0138. The molecular formula is C82H130N5NaO18S2. The number of hydrogen-bond donors (Lipinski definition) is 1. The second kappa shape index (κ2) is 54.3. The number of rotatable bonds is 62. The predicted octanol–water partition coefficient (Wildman–Crippen LogP) is 10.8. The zero-order chi connectivity index (χ0) is 77.6. The summed E-state index contributed by atoms with van der Waals surface area (Å²) in [5.74, 6) is -2.64. The average Bonchev–Trinajstić information content (AvgIpc) is 1.48. The Bertz CT molecular complexity index is 3110. The molecule has 0 radical (unpaired) electrons. The third-order valence-electron chi connectivity index (χ3n) is 19.8. The van der Waals surface area contributed by atoms with Crippen molar-refractivity contribution < 1.29 is 114 Å². The minimum atomic E-state index is -4.78. The second-order valence-electron chi connectivity index (χ2n) is 28.5. The number of methoxy groups -OCH3 is 1. The molecule has 3 aromatic carbocycles. The second-order valence-corrected chi connectivity index (χ2v) is 31.1. The number of ether oxygens (including phenoxy) is 12. The molecule has 1 saturated carbocycles. The van der Waals surface area contributed by atoms with Gasteiger partial charge in [-0.15, -0.1) is 11.8 Å². The molecule has 0 saturated heterocycles. The van der Waals surface area contributed by atoms with Crippen LogP contribution in [0.5, 0.6) is 11.5 Å². The molecule has 108 heavy (non-hydrogen) atoms. The van der Waals surface area contributed by atoms with Gasteiger partial charge in [0.05, 0.1) is 158 Å². The number of nitrogens with one attached hydrogen (secondary N) is 1. The third-order valence-corrected chi connectivity index (χ3v) is 22.2. The van der Waals surface area contributed by atoms with Crippen LogP contribution in [0.25, 0.3) is 4.85 Å². The standard InChI is InChI=1S/C82H131N5O18S2.Na/c1-12-18-19-20-21-22-23-24-25-26-38-103-78(89)67(57-68(61-81(9,13-2)83-10)79(90)104-56-55-102-54-53-101-52-51-100-50-49-99-48-47-98-46-45-97-44-43-96-42-41-95-40-39-94-11)58-75(77(88)85-80(7,8)64-107(91,92)93)106-63-66-31-29-65(30-32-66)62-84-76-28-27-37-82(76)71-35-33-69(86(14-3)15-4)59-73(71)105-74-60-70(34-36-72(74)82)87(16-5)17-6;/h29-36,59-60,62,67-68,75-76H,12-28,37-58,61,63-64H2,1-9,11H3,(H,85,88)(H,91,92,93);/q;+1/p-1. The van der Waals surface area contributed by atoms with E-state index in [9.17, 15) is 27.4 Å². The summed E-state index contributed by atoms with van der Waals surface area (Å²) in [6.45, 7) is 36.1. The fourth-order valence-electron chi connectivity index (χ4n) is 13.7. The van der Waals surface area contributed by atoms with Gasteiger partial charge in [0, 0.05) is 111 Å². The molecule has 0 bridgehead atoms. The zero-order valence-electron chi connectivity index (χ0n) is 67.3. The molecule has 1 amide bonds. The number of fused-ring (bicyclic) bond motifs is 4. The Kier molecular flexibility index (Phi) is 48.2. The van der Waals surface area contributed by atoms with Gasteiger partial charge < -0.3 is 81.4 Å². The third kappa shape index (κ3) is 35.3. The number of esters is 2. The van der Waals surface area contributed by atoms with Crippen molar-refractivity contribution in [2.75, 3.05) is 174 Å². The summed E-state index contributed by atoms with van der Waals surface area (Å²) in [5.41, 5.74) is 3.40. The van der Waals surface area contributed by atoms with E-state index in [4.69, 9.17) is 68.4 Å². The number of thioether (sulfide) groups is 1. The summed E-state index contributed by atoms with van der Waals surface area (Å²) in [6.07, 6.45) is 15.9. The van der Waals surface area contributed by atoms with E-state index in [1.807, 2.05) is 37.4 Å². The van der Waals surface area contributed by atoms with Crippen molar-refractivity contribution in [3.8, 4) is 11.5 Å². The van der Waals surface area contributed by atoms with Crippen LogP contribution < -0.4 is 49.4 Å². The average molecular weight is 1560 g/mol. The molecule has 5 unspecified atom stereocenters. The molecule has 3 aromatic rings. The Morgan fingerprint density at radius 1 is 0.630 bits per heavy atom. The van der Waals surface area contributed by atoms with Crippen LogP contribution in [-0.4, -0.2) is 224 Å². The van der Waals surface area contributed by atoms with Crippen LogP contribution in [0, 0.1) is 18.4 Å². The fraction of sp³-hybridized carbons (Fsp3) is 0.720. The molecule has 1 N–H and O–H groups in total. The van der Waals surface area contributed by atoms with Crippen molar-refractivity contribution in [1.82, 2.24) is 5.32 Å². The Hall–Kier alpha value is -4.47. The van der Waals surface area contributed by atoms with E-state index in [1.165, 1.54) is 57.7 Å². The first kappa shape index (κ1) is 95.9. The normalized spacial score (nSPS) is 15.3. The van der Waals surface area contributed by atoms with Gasteiger partial charge in [0.1, 0.15) is 18.1 Å². The Morgan fingerprint density at radius 3 is 1.52 bits per heavy atom. The van der Waals surface area contributed by atoms with Crippen LogP contribution >= 0.6 is 11.8 Å². The molecule has 1 heterocycles. The van der Waals surface area contributed by atoms with E-state index in [0.717, 1.165) is 116 Å². The fourth-order valence-corrected chi connectivity index (χ4v) is 15.9. The Balaban J connectivity index is 0.0000246. The van der Waals surface area contributed by atoms with Crippen molar-refractivity contribution >= 4 is 57.3 Å². The molecule has 604 valence electrons. The van der Waals surface area contributed by atoms with Crippen LogP contribution in [-0.2, 0) is 87.8 Å². The smallest absolute Gasteiger partial charge is 0.748 e. The number of hydrogen-bond acceptors (Lipinski definition) is 22. The van der Waals surface area contributed by atoms with Crippen LogP contribution in [0.15, 0.2) is 65.7 Å². The number of aliphatic imine (C=N–C) groups is 1. The number of amides is 1. The van der Waals surface area contributed by atoms with Gasteiger partial charge >= 0.3 is 41.5 Å². The minimum Gasteiger partial charge on any atom is -0.748 e. The van der Waals surface area contributed by atoms with E-state index in [-0.39, 0.29) is 87.9 Å². The van der Waals surface area contributed by atoms with Crippen LogP contribution in [0.4, 0.5) is 11.4 Å². The van der Waals surface area contributed by atoms with Gasteiger partial charge in [0.25, 0.3) is 0 Å². The number of carbonyl (C=O) groups excluding carboxylic acids is 3. The van der Waals surface area contributed by atoms with E-state index in [0.29, 0.717) is 111 Å². The van der Waals surface area contributed by atoms with Crippen molar-refractivity contribution in [2.24, 2.45) is 16.8 Å². The maximum absolute atomic E-state index is 14.8. The summed E-state index contributed by atoms with van der Waals surface area (Å²) in [4.78, 5) is 57.9. The van der Waals surface area contributed by atoms with Crippen LogP contribution in [0.1, 0.15) is 194 Å². The maximum atomic E-state index is 14.8. The van der Waals surface area contributed by atoms with Crippen molar-refractivity contribution in [2.45, 2.75) is 205 Å². The van der Waals surface area contributed by atoms with Gasteiger partial charge in [-0.2, -0.15) is 0 Å². The van der Waals surface area contributed by atoms with Crippen molar-refractivity contribution in [1.29, 1.82) is 0 Å². The summed E-state index contributed by atoms with van der Waals surface area (Å²) in [6, 6.07) is 21.2. The van der Waals surface area contributed by atoms with Gasteiger partial charge in [-0.05, 0) is 103 Å². The molecule has 1 spiro atoms. The predicted molar refractivity (Wildman–Crippen MR) is 423 cm³/mol. The van der Waals surface area contributed by atoms with Gasteiger partial charge in [-0.25, -0.2) is 15.0 Å². The van der Waals surface area contributed by atoms with Gasteiger partial charge in [0.2, 0.25) is 11.4 Å². The first-order valence-corrected chi connectivity index (χ1v) is 42.1. The maximum Gasteiger partial charge on any atom is 1.00 e. The van der Waals surface area contributed by atoms with E-state index in [2.05, 4.69) is 91.0 Å². The first-order chi connectivity index (χ1) is 51.7. The monoisotopic (exact) mass is 1560 g/mol. The van der Waals surface area contributed by atoms with Crippen LogP contribution in [0.3, 0.4) is 0 Å². The summed E-state index contributed by atoms with van der Waals surface area (Å²) in [5, 5.41) is 1.81. The Labute approximate surface area is 673 Å². The molecule has 26 heteroatoms. The zero-order valence-corrected chi connectivity index (χ0v) is 70.9. The number of unbranched alkanes of at least 4 members (excludes halogenated alkanes) is 9. The molecule has 1 fully saturated rings. The van der Waals surface area contributed by atoms with Crippen molar-refractivity contribution in [3.63, 3.8) is 0 Å². The molecule has 5 rings (SSSR count). The summed E-state index contributed by atoms with van der Waals surface area (Å²) >= 11 is 1.26. The minimum absolute atomic E-state index is 0. The summed E-state index contributed by atoms with van der Waals surface area (Å²) < 4.78 is 105. The van der Waals surface area contributed by atoms with E-state index >= 15 is 0 Å². The number of benzene rings is 3. The number of anilines is 2. The Morgan fingerprint density at radius 2 is 1.07 bits per heavy atom. The molecule has 0 aromatic heterocycles. The van der Waals surface area contributed by atoms with Crippen LogP contribution in [0.2, 0.25) is 0 Å². The molecular weight excluding hydrogens is 1430 g/mol. The molecule has 1 aliphatic heterocycles. The van der Waals surface area contributed by atoms with E-state index < -0.39 is 67.3 Å². The largest absolute Gasteiger partial charge is 1.00 e. The molecule has 5 atom stereocenters. The number of nitrogens with zero attached hydrogens (tertiary/aromatic N) is 4. The van der Waals surface area contributed by atoms with E-state index in [1.54, 1.807) is 14.0 Å². The molecule has 23 nitrogen and oxygen atoms in total. The van der Waals surface area contributed by atoms with Gasteiger partial charge in [-0.1, -0.05) is 108 Å². The van der Waals surface area contributed by atoms with Gasteiger partial charge in [0.15, 0.2) is 0 Å². The number of carbonyl (C=O) groups is 3. The SMILES string of the molecule is [C-]#[N+]C(C)(CC)CC(CC(CC(SCc1ccc(C=NC2CCCC23c2ccc(N(CC)CC)cc2Oc2cc(N(CC)CC)ccc23)cc1)C(=O)NC(C)(C)CS(=O)(=O)[O-])C(=O)OCCCCCCCCCCCC)C(=O)OCCOCCOCCOCCOCCOCCOCCOCCOCCOC.[Na+]. The van der Waals surface area contributed by atoms with Crippen molar-refractivity contribution in [3.05, 3.63) is 94.3 Å².